The van der Waals surface area contributed by atoms with Gasteiger partial charge in [0, 0.05) is 24.4 Å². The van der Waals surface area contributed by atoms with Gasteiger partial charge in [0.25, 0.3) is 5.89 Å². The molecular weight excluding hydrogens is 450 g/mol. The van der Waals surface area contributed by atoms with Crippen LogP contribution in [0.15, 0.2) is 21.5 Å². The number of aromatic nitrogens is 3. The van der Waals surface area contributed by atoms with Gasteiger partial charge in [-0.15, -0.1) is 10.2 Å². The highest BCUT2D eigenvalue weighted by atomic mass is 16.6. The van der Waals surface area contributed by atoms with Crippen molar-refractivity contribution in [2.75, 3.05) is 25.4 Å². The number of nitrogen functional groups attached to an aromatic ring is 1. The van der Waals surface area contributed by atoms with Crippen molar-refractivity contribution in [1.82, 2.24) is 20.1 Å². The molecule has 0 atom stereocenters. The van der Waals surface area contributed by atoms with Crippen LogP contribution in [0.3, 0.4) is 0 Å². The first-order chi connectivity index (χ1) is 16.2. The number of nitrogens with two attached hydrogens (primary N) is 2. The second-order valence-electron chi connectivity index (χ2n) is 10.7. The topological polar surface area (TPSA) is 163 Å². The Bertz CT molecular complexity index is 1100. The van der Waals surface area contributed by atoms with E-state index in [1.54, 1.807) is 17.0 Å². The highest BCUT2D eigenvalue weighted by Crippen LogP contribution is 2.27. The number of pyridine rings is 1. The number of piperidine rings is 1. The van der Waals surface area contributed by atoms with Gasteiger partial charge in [0.05, 0.1) is 5.69 Å². The Kier molecular flexibility index (Phi) is 7.47. The van der Waals surface area contributed by atoms with Gasteiger partial charge in [-0.25, -0.2) is 9.78 Å². The lowest BCUT2D eigenvalue weighted by Gasteiger charge is -2.32. The number of aliphatic imine (C=N–C) groups is 1. The Morgan fingerprint density at radius 3 is 2.37 bits per heavy atom. The lowest BCUT2D eigenvalue weighted by molar-refractivity contribution is -0.122. The van der Waals surface area contributed by atoms with Gasteiger partial charge in [-0.05, 0) is 45.7 Å². The molecule has 2 aromatic heterocycles. The second-order valence-corrected chi connectivity index (χ2v) is 10.7. The number of anilines is 1. The van der Waals surface area contributed by atoms with Gasteiger partial charge in [0.1, 0.15) is 23.7 Å². The summed E-state index contributed by atoms with van der Waals surface area (Å²) in [6.07, 6.45) is 0.766. The van der Waals surface area contributed by atoms with Crippen LogP contribution in [0.4, 0.5) is 10.5 Å². The normalized spacial score (nSPS) is 15.8. The lowest BCUT2D eigenvalue weighted by Crippen LogP contribution is -2.43. The zero-order valence-electron chi connectivity index (χ0n) is 21.3. The Labute approximate surface area is 205 Å². The summed E-state index contributed by atoms with van der Waals surface area (Å²) in [4.78, 5) is 35.2. The molecule has 35 heavy (non-hydrogen) atoms. The maximum Gasteiger partial charge on any atom is 0.410 e. The smallest absolute Gasteiger partial charge is 0.410 e. The Balaban J connectivity index is 1.62. The first-order valence-electron chi connectivity index (χ1n) is 11.7. The number of amidine groups is 1. The van der Waals surface area contributed by atoms with Crippen molar-refractivity contribution in [2.45, 2.75) is 65.4 Å². The number of rotatable bonds is 5. The molecule has 0 spiro atoms. The summed E-state index contributed by atoms with van der Waals surface area (Å²) in [6, 6.07) is 3.26. The fourth-order valence-corrected chi connectivity index (χ4v) is 3.49. The average molecular weight is 486 g/mol. The molecule has 1 aliphatic heterocycles. The first kappa shape index (κ1) is 26.1. The average Bonchev–Trinajstić information content (AvgIpc) is 3.27. The van der Waals surface area contributed by atoms with E-state index in [0.717, 1.165) is 0 Å². The molecule has 1 aliphatic rings. The molecule has 4 N–H and O–H groups in total. The van der Waals surface area contributed by atoms with Crippen molar-refractivity contribution < 1.29 is 18.7 Å². The van der Waals surface area contributed by atoms with E-state index in [-0.39, 0.29) is 41.5 Å². The summed E-state index contributed by atoms with van der Waals surface area (Å²) >= 11 is 0. The van der Waals surface area contributed by atoms with Crippen LogP contribution in [0, 0.1) is 5.92 Å². The Hall–Kier alpha value is -3.50. The lowest BCUT2D eigenvalue weighted by atomic mass is 9.92. The zero-order valence-corrected chi connectivity index (χ0v) is 21.3. The van der Waals surface area contributed by atoms with E-state index in [9.17, 15) is 9.59 Å². The minimum Gasteiger partial charge on any atom is -0.444 e. The SMILES string of the molecule is CC(C)(C)OC(=O)N1CCC(C(=O)CN=C(N)c2ccc(N)c(-c3nnc(C(C)(C)C)o3)n2)CC1. The van der Waals surface area contributed by atoms with Gasteiger partial charge in [0.15, 0.2) is 11.5 Å². The molecule has 0 bridgehead atoms. The molecule has 1 amide bonds. The van der Waals surface area contributed by atoms with Gasteiger partial charge < -0.3 is 25.5 Å². The Morgan fingerprint density at radius 2 is 1.80 bits per heavy atom. The van der Waals surface area contributed by atoms with Crippen LogP contribution >= 0.6 is 0 Å². The van der Waals surface area contributed by atoms with E-state index in [1.165, 1.54) is 0 Å². The number of amides is 1. The van der Waals surface area contributed by atoms with Gasteiger partial charge in [-0.3, -0.25) is 9.79 Å². The third-order valence-electron chi connectivity index (χ3n) is 5.47. The van der Waals surface area contributed by atoms with Crippen molar-refractivity contribution in [1.29, 1.82) is 0 Å². The molecular formula is C24H35N7O4. The minimum absolute atomic E-state index is 0.0285. The molecule has 0 radical (unpaired) electrons. The van der Waals surface area contributed by atoms with Crippen molar-refractivity contribution in [3.8, 4) is 11.6 Å². The number of ether oxygens (including phenoxy) is 1. The molecule has 1 saturated heterocycles. The maximum absolute atomic E-state index is 12.7. The fraction of sp³-hybridized carbons (Fsp3) is 0.583. The number of likely N-dealkylation sites (tertiary alicyclic amines) is 1. The van der Waals surface area contributed by atoms with E-state index in [2.05, 4.69) is 20.2 Å². The summed E-state index contributed by atoms with van der Waals surface area (Å²) in [5.74, 6) is 0.550. The molecule has 0 unspecified atom stereocenters. The van der Waals surface area contributed by atoms with Crippen LogP contribution < -0.4 is 11.5 Å². The van der Waals surface area contributed by atoms with Crippen LogP contribution in [-0.4, -0.2) is 63.0 Å². The van der Waals surface area contributed by atoms with Crippen LogP contribution in [-0.2, 0) is 14.9 Å². The molecule has 0 saturated carbocycles. The predicted octanol–water partition coefficient (Wildman–Crippen LogP) is 2.93. The molecule has 2 aromatic rings. The van der Waals surface area contributed by atoms with E-state index < -0.39 is 5.60 Å². The van der Waals surface area contributed by atoms with Crippen LogP contribution in [0.25, 0.3) is 11.6 Å². The molecule has 0 aliphatic carbocycles. The number of hydrogen-bond donors (Lipinski definition) is 2. The predicted molar refractivity (Wildman–Crippen MR) is 132 cm³/mol. The fourth-order valence-electron chi connectivity index (χ4n) is 3.49. The van der Waals surface area contributed by atoms with Gasteiger partial charge in [0.2, 0.25) is 5.89 Å². The Morgan fingerprint density at radius 1 is 1.14 bits per heavy atom. The molecule has 3 heterocycles. The van der Waals surface area contributed by atoms with E-state index >= 15 is 0 Å². The monoisotopic (exact) mass is 485 g/mol. The second kappa shape index (κ2) is 10.0. The highest BCUT2D eigenvalue weighted by Gasteiger charge is 2.30. The molecule has 3 rings (SSSR count). The highest BCUT2D eigenvalue weighted by molar-refractivity contribution is 5.98. The van der Waals surface area contributed by atoms with Crippen LogP contribution in [0.5, 0.6) is 0 Å². The van der Waals surface area contributed by atoms with Crippen molar-refractivity contribution >= 4 is 23.4 Å². The number of nitrogens with zero attached hydrogens (tertiary/aromatic N) is 5. The molecule has 1 fully saturated rings. The van der Waals surface area contributed by atoms with E-state index in [0.29, 0.717) is 48.9 Å². The molecule has 190 valence electrons. The molecule has 11 heteroatoms. The van der Waals surface area contributed by atoms with E-state index in [4.69, 9.17) is 20.6 Å². The summed E-state index contributed by atoms with van der Waals surface area (Å²) in [6.45, 7) is 12.2. The first-order valence-corrected chi connectivity index (χ1v) is 11.7. The number of carbonyl (C=O) groups excluding carboxylic acids is 2. The molecule has 11 nitrogen and oxygen atoms in total. The standard InChI is InChI=1S/C24H35N7O4/c1-23(2,3)21-30-29-20(34-21)18-15(25)7-8-16(28-18)19(26)27-13-17(32)14-9-11-31(12-10-14)22(33)35-24(4,5)6/h7-8,14H,9-13,25H2,1-6H3,(H2,26,27). The third-order valence-corrected chi connectivity index (χ3v) is 5.47. The summed E-state index contributed by atoms with van der Waals surface area (Å²) in [5, 5.41) is 8.13. The summed E-state index contributed by atoms with van der Waals surface area (Å²) < 4.78 is 11.1. The summed E-state index contributed by atoms with van der Waals surface area (Å²) in [7, 11) is 0. The number of ketones is 1. The number of carbonyl (C=O) groups is 2. The quantitative estimate of drug-likeness (QED) is 0.478. The van der Waals surface area contributed by atoms with Crippen molar-refractivity contribution in [2.24, 2.45) is 16.6 Å². The van der Waals surface area contributed by atoms with Crippen molar-refractivity contribution in [3.63, 3.8) is 0 Å². The van der Waals surface area contributed by atoms with E-state index in [1.807, 2.05) is 41.5 Å². The van der Waals surface area contributed by atoms with Gasteiger partial charge in [-0.2, -0.15) is 0 Å². The van der Waals surface area contributed by atoms with Gasteiger partial charge in [-0.1, -0.05) is 20.8 Å². The van der Waals surface area contributed by atoms with Crippen LogP contribution in [0.2, 0.25) is 0 Å². The van der Waals surface area contributed by atoms with Gasteiger partial charge >= 0.3 is 6.09 Å². The maximum atomic E-state index is 12.7. The number of Topliss-reactive ketones (excluding diaryl/α,β-unsaturated/α-hetero) is 1. The van der Waals surface area contributed by atoms with Crippen molar-refractivity contribution in [3.05, 3.63) is 23.7 Å². The minimum atomic E-state index is -0.551. The number of hydrogen-bond acceptors (Lipinski definition) is 9. The summed E-state index contributed by atoms with van der Waals surface area (Å²) in [5.41, 5.74) is 12.3. The molecule has 0 aromatic carbocycles. The third kappa shape index (κ3) is 6.77. The zero-order chi connectivity index (χ0) is 26.0. The largest absolute Gasteiger partial charge is 0.444 e. The van der Waals surface area contributed by atoms with Crippen LogP contribution in [0.1, 0.15) is 66.0 Å².